The van der Waals surface area contributed by atoms with Crippen LogP contribution in [0.25, 0.3) is 5.57 Å². The number of amides is 1. The summed E-state index contributed by atoms with van der Waals surface area (Å²) < 4.78 is 35.1. The maximum atomic E-state index is 13.8. The lowest BCUT2D eigenvalue weighted by Gasteiger charge is -2.37. The zero-order valence-electron chi connectivity index (χ0n) is 34.2. The number of nitrogens with one attached hydrogen (secondary N) is 2. The van der Waals surface area contributed by atoms with Crippen LogP contribution in [0.15, 0.2) is 106 Å². The summed E-state index contributed by atoms with van der Waals surface area (Å²) in [6.45, 7) is 5.62. The van der Waals surface area contributed by atoms with E-state index in [1.54, 1.807) is 36.0 Å². The van der Waals surface area contributed by atoms with Gasteiger partial charge >= 0.3 is 5.97 Å². The van der Waals surface area contributed by atoms with Crippen LogP contribution in [0.4, 0.5) is 17.1 Å². The van der Waals surface area contributed by atoms with Gasteiger partial charge in [-0.3, -0.25) is 19.8 Å². The molecule has 2 N–H and O–H groups in total. The molecule has 13 nitrogen and oxygen atoms in total. The summed E-state index contributed by atoms with van der Waals surface area (Å²) in [5.41, 5.74) is 4.13. The van der Waals surface area contributed by atoms with Crippen molar-refractivity contribution >= 4 is 67.9 Å². The molecule has 3 aliphatic rings. The number of nitro benzene ring substituents is 1. The van der Waals surface area contributed by atoms with Crippen LogP contribution in [-0.4, -0.2) is 106 Å². The number of hydrogen-bond acceptors (Lipinski definition) is 12. The summed E-state index contributed by atoms with van der Waals surface area (Å²) in [6, 6.07) is 26.1. The summed E-state index contributed by atoms with van der Waals surface area (Å²) in [5.74, 6) is -1.30. The lowest BCUT2D eigenvalue weighted by molar-refractivity contribution is -0.384. The Morgan fingerprint density at radius 1 is 0.934 bits per heavy atom. The fourth-order valence-electron chi connectivity index (χ4n) is 8.03. The number of sulfonamides is 1. The molecule has 0 radical (unpaired) electrons. The number of thioether (sulfide) groups is 1. The monoisotopic (exact) mass is 886 g/mol. The molecule has 4 aromatic rings. The molecule has 1 fully saturated rings. The first kappa shape index (κ1) is 44.1. The number of rotatable bonds is 11. The number of anilines is 2. The van der Waals surface area contributed by atoms with Crippen molar-refractivity contribution in [2.24, 2.45) is 0 Å². The SMILES string of the molecule is CN1CCCOC(=O)c2cc(S(=O)(=O)NC(=O)c3ccc(N4CCN(CC5=C(c6ccc(Cl)cc6)CCCC5)CC4)cc3)cc([N+](=O)[O-])c2N[C@@H](CSc2ccccc2)CC1. The van der Waals surface area contributed by atoms with Gasteiger partial charge in [-0.1, -0.05) is 47.5 Å². The summed E-state index contributed by atoms with van der Waals surface area (Å²) in [6.07, 6.45) is 5.67. The second kappa shape index (κ2) is 20.3. The van der Waals surface area contributed by atoms with E-state index >= 15 is 0 Å². The molecule has 0 bridgehead atoms. The number of piperazine rings is 1. The number of nitrogens with zero attached hydrogens (tertiary/aromatic N) is 4. The molecular weight excluding hydrogens is 836 g/mol. The van der Waals surface area contributed by atoms with Crippen molar-refractivity contribution in [3.05, 3.63) is 128 Å². The molecular formula is C45H51ClN6O7S2. The summed E-state index contributed by atoms with van der Waals surface area (Å²) in [7, 11) is -2.73. The first-order chi connectivity index (χ1) is 29.4. The van der Waals surface area contributed by atoms with Crippen LogP contribution in [0, 0.1) is 10.1 Å². The Hall–Kier alpha value is -4.93. The fourth-order valence-corrected chi connectivity index (χ4v) is 10.2. The van der Waals surface area contributed by atoms with Crippen LogP contribution < -0.4 is 14.9 Å². The number of ether oxygens (including phenoxy) is 1. The molecule has 0 spiro atoms. The maximum Gasteiger partial charge on any atom is 0.340 e. The highest BCUT2D eigenvalue weighted by atomic mass is 35.5. The predicted octanol–water partition coefficient (Wildman–Crippen LogP) is 7.97. The van der Waals surface area contributed by atoms with Crippen molar-refractivity contribution < 1.29 is 27.7 Å². The molecule has 61 heavy (non-hydrogen) atoms. The largest absolute Gasteiger partial charge is 0.462 e. The van der Waals surface area contributed by atoms with Crippen molar-refractivity contribution in [1.29, 1.82) is 0 Å². The number of fused-ring (bicyclic) bond motifs is 1. The number of halogens is 1. The van der Waals surface area contributed by atoms with Gasteiger partial charge in [-0.25, -0.2) is 17.9 Å². The molecule has 1 atom stereocenters. The van der Waals surface area contributed by atoms with Crippen molar-refractivity contribution in [3.8, 4) is 0 Å². The Kier molecular flexibility index (Phi) is 14.7. The highest BCUT2D eigenvalue weighted by molar-refractivity contribution is 7.99. The van der Waals surface area contributed by atoms with Crippen LogP contribution in [0.2, 0.25) is 5.02 Å². The third kappa shape index (κ3) is 11.5. The van der Waals surface area contributed by atoms with Gasteiger partial charge in [0.05, 0.1) is 22.0 Å². The molecule has 1 saturated heterocycles. The van der Waals surface area contributed by atoms with Gasteiger partial charge in [0.25, 0.3) is 21.6 Å². The minimum atomic E-state index is -4.69. The second-order valence-corrected chi connectivity index (χ2v) is 18.9. The lowest BCUT2D eigenvalue weighted by atomic mass is 9.87. The number of nitro groups is 1. The van der Waals surface area contributed by atoms with Crippen molar-refractivity contribution in [3.63, 3.8) is 0 Å². The Bertz CT molecular complexity index is 2340. The minimum absolute atomic E-state index is 0.0351. The molecule has 4 aromatic carbocycles. The summed E-state index contributed by atoms with van der Waals surface area (Å²) >= 11 is 7.72. The zero-order chi connectivity index (χ0) is 42.9. The van der Waals surface area contributed by atoms with Gasteiger partial charge in [0.2, 0.25) is 0 Å². The molecule has 2 heterocycles. The molecule has 7 rings (SSSR count). The van der Waals surface area contributed by atoms with E-state index in [9.17, 15) is 28.1 Å². The third-order valence-electron chi connectivity index (χ3n) is 11.4. The van der Waals surface area contributed by atoms with Gasteiger partial charge in [-0.2, -0.15) is 0 Å². The quantitative estimate of drug-likeness (QED) is 0.0650. The number of cyclic esters (lactones) is 1. The summed E-state index contributed by atoms with van der Waals surface area (Å²) in [4.78, 5) is 46.0. The number of carbonyl (C=O) groups is 2. The highest BCUT2D eigenvalue weighted by Crippen LogP contribution is 2.36. The second-order valence-electron chi connectivity index (χ2n) is 15.7. The van der Waals surface area contributed by atoms with Crippen LogP contribution in [-0.2, 0) is 14.8 Å². The van der Waals surface area contributed by atoms with Crippen LogP contribution in [0.1, 0.15) is 64.8 Å². The molecule has 16 heteroatoms. The molecule has 1 aliphatic carbocycles. The van der Waals surface area contributed by atoms with E-state index in [0.717, 1.165) is 73.3 Å². The number of carbonyl (C=O) groups excluding carboxylic acids is 2. The summed E-state index contributed by atoms with van der Waals surface area (Å²) in [5, 5.41) is 16.5. The van der Waals surface area contributed by atoms with Gasteiger partial charge in [-0.15, -0.1) is 11.8 Å². The number of allylic oxidation sites excluding steroid dienone is 1. The van der Waals surface area contributed by atoms with Crippen molar-refractivity contribution in [1.82, 2.24) is 14.5 Å². The van der Waals surface area contributed by atoms with Gasteiger partial charge < -0.3 is 19.9 Å². The van der Waals surface area contributed by atoms with E-state index in [1.807, 2.05) is 49.5 Å². The first-order valence-corrected chi connectivity index (χ1v) is 23.5. The van der Waals surface area contributed by atoms with Crippen molar-refractivity contribution in [2.45, 2.75) is 54.4 Å². The third-order valence-corrected chi connectivity index (χ3v) is 14.2. The van der Waals surface area contributed by atoms with Gasteiger partial charge in [0, 0.05) is 78.3 Å². The predicted molar refractivity (Wildman–Crippen MR) is 241 cm³/mol. The smallest absolute Gasteiger partial charge is 0.340 e. The Labute approximate surface area is 366 Å². The first-order valence-electron chi connectivity index (χ1n) is 20.7. The topological polar surface area (TPSA) is 154 Å². The van der Waals surface area contributed by atoms with Crippen LogP contribution in [0.3, 0.4) is 0 Å². The van der Waals surface area contributed by atoms with Gasteiger partial charge in [-0.05, 0) is 118 Å². The molecule has 322 valence electrons. The van der Waals surface area contributed by atoms with E-state index in [0.29, 0.717) is 31.7 Å². The number of esters is 1. The Balaban J connectivity index is 1.03. The van der Waals surface area contributed by atoms with E-state index in [4.69, 9.17) is 16.3 Å². The molecule has 0 unspecified atom stereocenters. The fraction of sp³-hybridized carbons (Fsp3) is 0.378. The average molecular weight is 888 g/mol. The Morgan fingerprint density at radius 3 is 2.38 bits per heavy atom. The molecule has 1 amide bonds. The molecule has 0 aromatic heterocycles. The van der Waals surface area contributed by atoms with E-state index in [2.05, 4.69) is 36.9 Å². The maximum absolute atomic E-state index is 13.8. The number of hydrogen-bond donors (Lipinski definition) is 2. The lowest BCUT2D eigenvalue weighted by Crippen LogP contribution is -2.47. The molecule has 0 saturated carbocycles. The average Bonchev–Trinajstić information content (AvgIpc) is 3.26. The minimum Gasteiger partial charge on any atom is -0.462 e. The Morgan fingerprint density at radius 2 is 1.66 bits per heavy atom. The standard InChI is InChI=1S/C45H51ClN6O7S2/c1-49-21-7-27-59-45(54)41-28-39(29-42(52(55)56)43(41)47-36(20-22-49)31-60-38-9-3-2-4-10-38)61(57,58)48-44(53)33-14-18-37(19-15-33)51-25-23-50(24-26-51)30-34-8-5-6-11-40(34)32-12-16-35(46)17-13-32/h2-4,9-10,12-19,28-29,36,47H,5-8,11,20-27,30-31H2,1H3,(H,48,53)/t36-/m1/s1. The highest BCUT2D eigenvalue weighted by Gasteiger charge is 2.32. The normalized spacial score (nSPS) is 18.6. The van der Waals surface area contributed by atoms with E-state index < -0.39 is 37.4 Å². The van der Waals surface area contributed by atoms with Crippen LogP contribution in [0.5, 0.6) is 0 Å². The van der Waals surface area contributed by atoms with Gasteiger partial charge in [0.15, 0.2) is 0 Å². The van der Waals surface area contributed by atoms with Crippen LogP contribution >= 0.6 is 23.4 Å². The molecule has 2 aliphatic heterocycles. The van der Waals surface area contributed by atoms with Crippen molar-refractivity contribution in [2.75, 3.05) is 75.4 Å². The van der Waals surface area contributed by atoms with E-state index in [-0.39, 0.29) is 29.5 Å². The van der Waals surface area contributed by atoms with Gasteiger partial charge in [0.1, 0.15) is 5.69 Å². The number of benzene rings is 4. The van der Waals surface area contributed by atoms with E-state index in [1.165, 1.54) is 29.6 Å². The zero-order valence-corrected chi connectivity index (χ0v) is 36.6.